The van der Waals surface area contributed by atoms with E-state index in [4.69, 9.17) is 44.0 Å². The number of hydrogen-bond donors (Lipinski definition) is 1. The van der Waals surface area contributed by atoms with Gasteiger partial charge < -0.3 is 9.15 Å². The molecule has 4 aromatic rings. The Morgan fingerprint density at radius 3 is 2.33 bits per heavy atom. The molecule has 0 saturated carbocycles. The van der Waals surface area contributed by atoms with E-state index >= 15 is 0 Å². The molecule has 0 saturated heterocycles. The summed E-state index contributed by atoms with van der Waals surface area (Å²) in [7, 11) is -2.41. The number of benzene rings is 3. The summed E-state index contributed by atoms with van der Waals surface area (Å²) < 4.78 is 39.2. The molecule has 0 fully saturated rings. The van der Waals surface area contributed by atoms with Crippen molar-refractivity contribution in [2.24, 2.45) is 5.10 Å². The number of methoxy groups -OCH3 is 1. The van der Waals surface area contributed by atoms with Crippen LogP contribution in [-0.4, -0.2) is 32.0 Å². The second-order valence-electron chi connectivity index (χ2n) is 8.21. The minimum Gasteiger partial charge on any atom is -0.497 e. The van der Waals surface area contributed by atoms with Gasteiger partial charge in [0.05, 0.1) is 34.8 Å². The number of sulfonamides is 1. The summed E-state index contributed by atoms with van der Waals surface area (Å²) >= 11 is 18.1. The van der Waals surface area contributed by atoms with Crippen LogP contribution in [0.5, 0.6) is 5.75 Å². The van der Waals surface area contributed by atoms with Crippen LogP contribution in [0.4, 0.5) is 0 Å². The highest BCUT2D eigenvalue weighted by Gasteiger charge is 2.26. The van der Waals surface area contributed by atoms with Crippen molar-refractivity contribution in [3.63, 3.8) is 0 Å². The first-order valence-electron chi connectivity index (χ1n) is 11.4. The van der Waals surface area contributed by atoms with Crippen LogP contribution < -0.4 is 10.2 Å². The van der Waals surface area contributed by atoms with E-state index in [1.165, 1.54) is 41.9 Å². The SMILES string of the molecule is COc1ccc(C(=O)N/N=C\c2ccc(CN(Cc3ccc(Cl)c(Cl)c3)S(=O)(=O)c3ccc(Cl)cc3)o2)cc1. The first-order valence-corrected chi connectivity index (χ1v) is 14.0. The molecule has 0 radical (unpaired) electrons. The first-order chi connectivity index (χ1) is 18.7. The van der Waals surface area contributed by atoms with Crippen molar-refractivity contribution < 1.29 is 22.4 Å². The lowest BCUT2D eigenvalue weighted by Gasteiger charge is -2.22. The van der Waals surface area contributed by atoms with Crippen LogP contribution in [0.1, 0.15) is 27.4 Å². The van der Waals surface area contributed by atoms with Gasteiger partial charge in [-0.05, 0) is 78.4 Å². The van der Waals surface area contributed by atoms with Crippen molar-refractivity contribution in [3.05, 3.63) is 117 Å². The van der Waals surface area contributed by atoms with E-state index in [0.717, 1.165) is 0 Å². The van der Waals surface area contributed by atoms with Gasteiger partial charge in [0.1, 0.15) is 17.3 Å². The zero-order valence-electron chi connectivity index (χ0n) is 20.5. The van der Waals surface area contributed by atoms with E-state index in [2.05, 4.69) is 10.5 Å². The number of halogens is 3. The van der Waals surface area contributed by atoms with Crippen LogP contribution >= 0.6 is 34.8 Å². The normalized spacial score (nSPS) is 11.7. The van der Waals surface area contributed by atoms with Gasteiger partial charge in [-0.15, -0.1) is 0 Å². The van der Waals surface area contributed by atoms with Crippen molar-refractivity contribution in [1.82, 2.24) is 9.73 Å². The molecule has 1 amide bonds. The van der Waals surface area contributed by atoms with Gasteiger partial charge in [0.15, 0.2) is 0 Å². The van der Waals surface area contributed by atoms with Gasteiger partial charge >= 0.3 is 0 Å². The summed E-state index contributed by atoms with van der Waals surface area (Å²) in [6, 6.07) is 20.6. The average molecular weight is 607 g/mol. The number of carbonyl (C=O) groups is 1. The Balaban J connectivity index is 1.50. The molecule has 1 N–H and O–H groups in total. The van der Waals surface area contributed by atoms with Gasteiger partial charge in [-0.3, -0.25) is 4.79 Å². The average Bonchev–Trinajstić information content (AvgIpc) is 3.37. The van der Waals surface area contributed by atoms with Crippen molar-refractivity contribution >= 4 is 56.9 Å². The zero-order chi connectivity index (χ0) is 28.0. The molecule has 1 heterocycles. The largest absolute Gasteiger partial charge is 0.497 e. The molecule has 0 bridgehead atoms. The lowest BCUT2D eigenvalue weighted by molar-refractivity contribution is 0.0955. The Morgan fingerprint density at radius 2 is 1.67 bits per heavy atom. The maximum absolute atomic E-state index is 13.5. The number of nitrogens with zero attached hydrogens (tertiary/aromatic N) is 2. The molecule has 3 aromatic carbocycles. The number of rotatable bonds is 10. The summed E-state index contributed by atoms with van der Waals surface area (Å²) in [4.78, 5) is 12.3. The van der Waals surface area contributed by atoms with Gasteiger partial charge in [0, 0.05) is 17.1 Å². The molecule has 0 aliphatic rings. The van der Waals surface area contributed by atoms with E-state index in [-0.39, 0.29) is 18.0 Å². The number of hydrazone groups is 1. The summed E-state index contributed by atoms with van der Waals surface area (Å²) in [5.74, 6) is 0.890. The van der Waals surface area contributed by atoms with Gasteiger partial charge in [-0.2, -0.15) is 9.41 Å². The number of amides is 1. The van der Waals surface area contributed by atoms with Crippen LogP contribution in [-0.2, 0) is 23.1 Å². The molecule has 0 atom stereocenters. The maximum Gasteiger partial charge on any atom is 0.271 e. The minimum absolute atomic E-state index is 0.00386. The number of nitrogens with one attached hydrogen (secondary N) is 1. The molecular formula is C27H22Cl3N3O5S. The lowest BCUT2D eigenvalue weighted by atomic mass is 10.2. The lowest BCUT2D eigenvalue weighted by Crippen LogP contribution is -2.30. The Morgan fingerprint density at radius 1 is 0.949 bits per heavy atom. The van der Waals surface area contributed by atoms with Gasteiger partial charge in [0.2, 0.25) is 10.0 Å². The Labute approximate surface area is 240 Å². The van der Waals surface area contributed by atoms with Crippen molar-refractivity contribution in [3.8, 4) is 5.75 Å². The Bertz CT molecular complexity index is 1590. The predicted octanol–water partition coefficient (Wildman–Crippen LogP) is 6.40. The second-order valence-corrected chi connectivity index (χ2v) is 11.4. The molecule has 8 nitrogen and oxygen atoms in total. The smallest absolute Gasteiger partial charge is 0.271 e. The molecule has 12 heteroatoms. The van der Waals surface area contributed by atoms with E-state index in [1.54, 1.807) is 54.6 Å². The number of carbonyl (C=O) groups excluding carboxylic acids is 1. The monoisotopic (exact) mass is 605 g/mol. The van der Waals surface area contributed by atoms with Gasteiger partial charge in [-0.1, -0.05) is 40.9 Å². The van der Waals surface area contributed by atoms with E-state index in [9.17, 15) is 13.2 Å². The quantitative estimate of drug-likeness (QED) is 0.166. The fraction of sp³-hybridized carbons (Fsp3) is 0.111. The highest BCUT2D eigenvalue weighted by atomic mass is 35.5. The van der Waals surface area contributed by atoms with Crippen LogP contribution in [0.3, 0.4) is 0 Å². The van der Waals surface area contributed by atoms with Crippen molar-refractivity contribution in [2.75, 3.05) is 7.11 Å². The van der Waals surface area contributed by atoms with Crippen LogP contribution in [0.15, 0.2) is 93.3 Å². The highest BCUT2D eigenvalue weighted by molar-refractivity contribution is 7.89. The molecule has 1 aromatic heterocycles. The standard InChI is InChI=1S/C27H22Cl3N3O5S/c1-37-21-7-3-19(4-8-21)27(34)32-31-15-22-9-10-23(38-22)17-33(16-18-2-13-25(29)26(30)14-18)39(35,36)24-11-5-20(28)6-12-24/h2-15H,16-17H2,1H3,(H,32,34)/b31-15-. The third-order valence-corrected chi connectivity index (χ3v) is 8.32. The molecule has 0 spiro atoms. The number of hydrogen-bond acceptors (Lipinski definition) is 6. The molecule has 0 aliphatic carbocycles. The summed E-state index contributed by atoms with van der Waals surface area (Å²) in [6.07, 6.45) is 1.32. The maximum atomic E-state index is 13.5. The zero-order valence-corrected chi connectivity index (χ0v) is 23.6. The van der Waals surface area contributed by atoms with Crippen LogP contribution in [0, 0.1) is 0 Å². The van der Waals surface area contributed by atoms with Gasteiger partial charge in [0.25, 0.3) is 5.91 Å². The first kappa shape index (κ1) is 28.7. The summed E-state index contributed by atoms with van der Waals surface area (Å²) in [5.41, 5.74) is 3.45. The van der Waals surface area contributed by atoms with E-state index in [1.807, 2.05) is 0 Å². The molecule has 202 valence electrons. The molecule has 39 heavy (non-hydrogen) atoms. The summed E-state index contributed by atoms with van der Waals surface area (Å²) in [5, 5.41) is 5.01. The third-order valence-electron chi connectivity index (χ3n) is 5.52. The van der Waals surface area contributed by atoms with E-state index in [0.29, 0.717) is 43.5 Å². The van der Waals surface area contributed by atoms with Crippen LogP contribution in [0.25, 0.3) is 0 Å². The highest BCUT2D eigenvalue weighted by Crippen LogP contribution is 2.27. The number of ether oxygens (including phenoxy) is 1. The van der Waals surface area contributed by atoms with E-state index < -0.39 is 15.9 Å². The third kappa shape index (κ3) is 7.40. The Kier molecular flexibility index (Phi) is 9.32. The predicted molar refractivity (Wildman–Crippen MR) is 151 cm³/mol. The fourth-order valence-corrected chi connectivity index (χ4v) is 5.35. The second kappa shape index (κ2) is 12.7. The fourth-order valence-electron chi connectivity index (χ4n) is 3.51. The van der Waals surface area contributed by atoms with Crippen molar-refractivity contribution in [1.29, 1.82) is 0 Å². The Hall–Kier alpha value is -3.34. The molecule has 4 rings (SSSR count). The van der Waals surface area contributed by atoms with Crippen molar-refractivity contribution in [2.45, 2.75) is 18.0 Å². The van der Waals surface area contributed by atoms with Gasteiger partial charge in [-0.25, -0.2) is 13.8 Å². The number of furan rings is 1. The van der Waals surface area contributed by atoms with Crippen LogP contribution in [0.2, 0.25) is 15.1 Å². The summed E-state index contributed by atoms with van der Waals surface area (Å²) in [6.45, 7) is -0.0822. The topological polar surface area (TPSA) is 101 Å². The molecule has 0 aliphatic heterocycles. The molecular weight excluding hydrogens is 585 g/mol. The minimum atomic E-state index is -3.95. The molecule has 0 unspecified atom stereocenters.